The van der Waals surface area contributed by atoms with Crippen LogP contribution in [0.15, 0.2) is 127 Å². The number of nitrogens with zero attached hydrogens (tertiary/aromatic N) is 1. The first-order valence-corrected chi connectivity index (χ1v) is 18.3. The van der Waals surface area contributed by atoms with Crippen molar-refractivity contribution < 1.29 is 24.1 Å². The summed E-state index contributed by atoms with van der Waals surface area (Å²) in [4.78, 5) is 15.2. The fourth-order valence-electron chi connectivity index (χ4n) is 7.01. The first-order valence-electron chi connectivity index (χ1n) is 18.3. The molecule has 0 spiro atoms. The van der Waals surface area contributed by atoms with Gasteiger partial charge in [-0.05, 0) is 96.2 Å². The van der Waals surface area contributed by atoms with Crippen LogP contribution in [0.25, 0.3) is 11.1 Å². The highest BCUT2D eigenvalue weighted by molar-refractivity contribution is 5.89. The number of amides is 2. The number of para-hydroxylation sites is 1. The quantitative estimate of drug-likeness (QED) is 0.128. The van der Waals surface area contributed by atoms with E-state index in [1.54, 1.807) is 0 Å². The summed E-state index contributed by atoms with van der Waals surface area (Å²) >= 11 is 0. The van der Waals surface area contributed by atoms with Crippen LogP contribution in [0.1, 0.15) is 60.8 Å². The topological polar surface area (TPSA) is 92.3 Å². The zero-order chi connectivity index (χ0) is 35.7. The van der Waals surface area contributed by atoms with Crippen LogP contribution in [0.2, 0.25) is 0 Å². The number of hydrogen-bond acceptors (Lipinski definition) is 6. The molecular weight excluding hydrogens is 651 g/mol. The molecule has 2 fully saturated rings. The van der Waals surface area contributed by atoms with Crippen LogP contribution in [0, 0.1) is 5.92 Å². The predicted octanol–water partition coefficient (Wildman–Crippen LogP) is 9.24. The summed E-state index contributed by atoms with van der Waals surface area (Å²) in [7, 11) is 0. The summed E-state index contributed by atoms with van der Waals surface area (Å²) in [5, 5.41) is 15.4. The van der Waals surface area contributed by atoms with Gasteiger partial charge >= 0.3 is 6.03 Å². The molecule has 4 atom stereocenters. The van der Waals surface area contributed by atoms with E-state index in [0.717, 1.165) is 58.8 Å². The Bertz CT molecular complexity index is 1880. The van der Waals surface area contributed by atoms with Gasteiger partial charge in [-0.3, -0.25) is 0 Å². The SMILES string of the molecule is C[C@@H]1[C@H](CN2CCCCC2)O[C@H](c2ccc(-c3cccc(CNC(=O)Nc4ccc(Oc5ccccc5)cc4)c3)cc2)O[C@@H]1c1ccc(CO)cc1. The molecule has 0 aliphatic carbocycles. The summed E-state index contributed by atoms with van der Waals surface area (Å²) < 4.78 is 19.3. The van der Waals surface area contributed by atoms with E-state index in [9.17, 15) is 9.90 Å². The number of hydrogen-bond donors (Lipinski definition) is 3. The zero-order valence-electron chi connectivity index (χ0n) is 29.6. The molecule has 8 nitrogen and oxygen atoms in total. The molecule has 8 heteroatoms. The van der Waals surface area contributed by atoms with Crippen LogP contribution in [-0.4, -0.2) is 41.8 Å². The van der Waals surface area contributed by atoms with Crippen molar-refractivity contribution in [3.8, 4) is 22.6 Å². The number of ether oxygens (including phenoxy) is 3. The van der Waals surface area contributed by atoms with Crippen molar-refractivity contribution in [1.29, 1.82) is 0 Å². The first-order chi connectivity index (χ1) is 25.5. The van der Waals surface area contributed by atoms with Crippen LogP contribution < -0.4 is 15.4 Å². The Morgan fingerprint density at radius 1 is 0.750 bits per heavy atom. The Hall–Kier alpha value is -4.99. The van der Waals surface area contributed by atoms with Crippen molar-refractivity contribution in [3.63, 3.8) is 0 Å². The number of rotatable bonds is 11. The molecule has 268 valence electrons. The number of carbonyl (C=O) groups is 1. The Morgan fingerprint density at radius 2 is 1.46 bits per heavy atom. The van der Waals surface area contributed by atoms with Gasteiger partial charge in [-0.1, -0.05) is 98.3 Å². The molecule has 5 aromatic rings. The lowest BCUT2D eigenvalue weighted by molar-refractivity contribution is -0.276. The summed E-state index contributed by atoms with van der Waals surface area (Å²) in [5.41, 5.74) is 6.76. The fraction of sp³-hybridized carbons (Fsp3) is 0.295. The molecule has 0 aromatic heterocycles. The van der Waals surface area contributed by atoms with Gasteiger partial charge in [0.05, 0.1) is 18.8 Å². The maximum Gasteiger partial charge on any atom is 0.319 e. The lowest BCUT2D eigenvalue weighted by Gasteiger charge is -2.43. The number of urea groups is 1. The maximum absolute atomic E-state index is 12.7. The van der Waals surface area contributed by atoms with Crippen molar-refractivity contribution >= 4 is 11.7 Å². The zero-order valence-corrected chi connectivity index (χ0v) is 29.6. The third-order valence-electron chi connectivity index (χ3n) is 10.00. The summed E-state index contributed by atoms with van der Waals surface area (Å²) in [5.74, 6) is 1.62. The van der Waals surface area contributed by atoms with Gasteiger partial charge in [0.25, 0.3) is 0 Å². The minimum absolute atomic E-state index is 0.0212. The van der Waals surface area contributed by atoms with E-state index in [0.29, 0.717) is 18.0 Å². The monoisotopic (exact) mass is 697 g/mol. The van der Waals surface area contributed by atoms with Crippen molar-refractivity contribution in [2.75, 3.05) is 25.0 Å². The molecule has 2 aliphatic rings. The average Bonchev–Trinajstić information content (AvgIpc) is 3.20. The van der Waals surface area contributed by atoms with Gasteiger partial charge in [0.2, 0.25) is 0 Å². The molecule has 2 aliphatic heterocycles. The second-order valence-electron chi connectivity index (χ2n) is 13.8. The van der Waals surface area contributed by atoms with Gasteiger partial charge in [-0.25, -0.2) is 4.79 Å². The molecule has 7 rings (SSSR count). The molecule has 52 heavy (non-hydrogen) atoms. The molecular formula is C44H47N3O5. The van der Waals surface area contributed by atoms with Crippen molar-refractivity contribution in [2.24, 2.45) is 5.92 Å². The van der Waals surface area contributed by atoms with E-state index >= 15 is 0 Å². The Labute approximate surface area is 306 Å². The minimum Gasteiger partial charge on any atom is -0.457 e. The highest BCUT2D eigenvalue weighted by Gasteiger charge is 2.39. The lowest BCUT2D eigenvalue weighted by Crippen LogP contribution is -2.45. The fourth-order valence-corrected chi connectivity index (χ4v) is 7.01. The maximum atomic E-state index is 12.7. The number of carbonyl (C=O) groups excluding carboxylic acids is 1. The molecule has 5 aromatic carbocycles. The van der Waals surface area contributed by atoms with Gasteiger partial charge in [-0.2, -0.15) is 0 Å². The van der Waals surface area contributed by atoms with Crippen molar-refractivity contribution in [3.05, 3.63) is 150 Å². The number of nitrogens with one attached hydrogen (secondary N) is 2. The number of piperidine rings is 1. The van der Waals surface area contributed by atoms with E-state index in [-0.39, 0.29) is 30.8 Å². The van der Waals surface area contributed by atoms with Gasteiger partial charge in [0, 0.05) is 30.3 Å². The van der Waals surface area contributed by atoms with E-state index in [2.05, 4.69) is 71.0 Å². The molecule has 0 bridgehead atoms. The summed E-state index contributed by atoms with van der Waals surface area (Å²) in [6, 6.07) is 41.3. The number of benzene rings is 5. The van der Waals surface area contributed by atoms with Gasteiger partial charge in [0.15, 0.2) is 6.29 Å². The smallest absolute Gasteiger partial charge is 0.319 e. The van der Waals surface area contributed by atoms with Crippen LogP contribution in [-0.2, 0) is 22.6 Å². The summed E-state index contributed by atoms with van der Waals surface area (Å²) in [6.45, 7) is 5.74. The normalized spacial score (nSPS) is 20.6. The Morgan fingerprint density at radius 3 is 2.19 bits per heavy atom. The van der Waals surface area contributed by atoms with Crippen LogP contribution in [0.4, 0.5) is 10.5 Å². The van der Waals surface area contributed by atoms with Gasteiger partial charge in [0.1, 0.15) is 11.5 Å². The molecule has 0 radical (unpaired) electrons. The van der Waals surface area contributed by atoms with E-state index < -0.39 is 6.29 Å². The number of likely N-dealkylation sites (tertiary alicyclic amines) is 1. The Balaban J connectivity index is 0.980. The average molecular weight is 698 g/mol. The molecule has 2 saturated heterocycles. The van der Waals surface area contributed by atoms with E-state index in [1.807, 2.05) is 78.9 Å². The largest absolute Gasteiger partial charge is 0.457 e. The van der Waals surface area contributed by atoms with Crippen LogP contribution in [0.5, 0.6) is 11.5 Å². The molecule has 0 unspecified atom stereocenters. The lowest BCUT2D eigenvalue weighted by atomic mass is 9.89. The first kappa shape index (κ1) is 35.4. The third-order valence-corrected chi connectivity index (χ3v) is 10.00. The highest BCUT2D eigenvalue weighted by Crippen LogP contribution is 2.42. The standard InChI is InChI=1S/C44H47N3O5/c1-31-41(29-47-25-6-3-7-26-47)51-43(52-42(31)35-15-13-32(30-48)14-16-35)36-19-17-34(18-20-36)37-10-8-9-33(27-37)28-45-44(49)46-38-21-23-40(24-22-38)50-39-11-4-2-5-12-39/h2,4-5,8-24,27,31,41-43,48H,3,6-7,25-26,28-30H2,1H3,(H2,45,46,49)/t31-,41+,42+,43+/m1/s1. The van der Waals surface area contributed by atoms with Crippen molar-refractivity contribution in [2.45, 2.75) is 57.8 Å². The van der Waals surface area contributed by atoms with Gasteiger partial charge < -0.3 is 34.9 Å². The molecule has 3 N–H and O–H groups in total. The van der Waals surface area contributed by atoms with Crippen LogP contribution >= 0.6 is 0 Å². The molecule has 2 heterocycles. The second-order valence-corrected chi connectivity index (χ2v) is 13.8. The minimum atomic E-state index is -0.496. The van der Waals surface area contributed by atoms with Crippen molar-refractivity contribution in [1.82, 2.24) is 10.2 Å². The van der Waals surface area contributed by atoms with E-state index in [4.69, 9.17) is 14.2 Å². The van der Waals surface area contributed by atoms with Gasteiger partial charge in [-0.15, -0.1) is 0 Å². The Kier molecular flexibility index (Phi) is 11.6. The van der Waals surface area contributed by atoms with E-state index in [1.165, 1.54) is 19.3 Å². The molecule has 0 saturated carbocycles. The predicted molar refractivity (Wildman–Crippen MR) is 204 cm³/mol. The molecule has 2 amide bonds. The summed E-state index contributed by atoms with van der Waals surface area (Å²) in [6.07, 6.45) is 3.16. The number of aliphatic hydroxyl groups excluding tert-OH is 1. The highest BCUT2D eigenvalue weighted by atomic mass is 16.7. The number of anilines is 1. The second kappa shape index (κ2) is 17.0. The number of aliphatic hydroxyl groups is 1. The third kappa shape index (κ3) is 9.08. The van der Waals surface area contributed by atoms with Crippen LogP contribution in [0.3, 0.4) is 0 Å².